The van der Waals surface area contributed by atoms with E-state index in [-0.39, 0.29) is 17.1 Å². The third-order valence-corrected chi connectivity index (χ3v) is 4.02. The molecule has 102 valence electrons. The summed E-state index contributed by atoms with van der Waals surface area (Å²) in [5.74, 6) is -0.808. The number of nitrogens with zero attached hydrogens (tertiary/aromatic N) is 2. The number of aryl methyl sites for hydroxylation is 1. The van der Waals surface area contributed by atoms with Gasteiger partial charge in [0.05, 0.1) is 0 Å². The number of pyridine rings is 1. The van der Waals surface area contributed by atoms with Gasteiger partial charge < -0.3 is 5.73 Å². The van der Waals surface area contributed by atoms with Crippen LogP contribution in [0.15, 0.2) is 34.8 Å². The van der Waals surface area contributed by atoms with Crippen molar-refractivity contribution in [2.24, 2.45) is 0 Å². The van der Waals surface area contributed by atoms with Crippen molar-refractivity contribution in [2.45, 2.75) is 6.92 Å². The summed E-state index contributed by atoms with van der Waals surface area (Å²) in [6, 6.07) is 6.82. The Kier molecular flexibility index (Phi) is 2.97. The fourth-order valence-corrected chi connectivity index (χ4v) is 2.48. The van der Waals surface area contributed by atoms with E-state index in [2.05, 4.69) is 20.9 Å². The molecule has 0 aliphatic carbocycles. The molecular formula is C14H10BrF2N3. The molecule has 2 aromatic heterocycles. The van der Waals surface area contributed by atoms with Gasteiger partial charge in [-0.1, -0.05) is 0 Å². The molecule has 1 aromatic carbocycles. The van der Waals surface area contributed by atoms with Crippen LogP contribution in [0.3, 0.4) is 0 Å². The molecule has 20 heavy (non-hydrogen) atoms. The molecular weight excluding hydrogens is 328 g/mol. The van der Waals surface area contributed by atoms with Gasteiger partial charge in [-0.05, 0) is 53.2 Å². The van der Waals surface area contributed by atoms with Crippen molar-refractivity contribution in [2.75, 3.05) is 5.73 Å². The van der Waals surface area contributed by atoms with Gasteiger partial charge in [0.15, 0.2) is 0 Å². The number of nitrogens with two attached hydrogens (primary N) is 1. The molecule has 2 N–H and O–H groups in total. The number of imidazole rings is 1. The smallest absolute Gasteiger partial charge is 0.139 e. The first-order valence-electron chi connectivity index (χ1n) is 5.87. The molecule has 0 aliphatic rings. The Morgan fingerprint density at radius 2 is 1.95 bits per heavy atom. The highest BCUT2D eigenvalue weighted by molar-refractivity contribution is 9.10. The maximum absolute atomic E-state index is 13.9. The SMILES string of the molecule is Cc1c(Br)ccc2nc(-c3cc(F)ccc3F)c(N)n12. The van der Waals surface area contributed by atoms with Crippen LogP contribution in [-0.2, 0) is 0 Å². The standard InChI is InChI=1S/C14H10BrF2N3/c1-7-10(15)3-5-12-19-13(14(18)20(7)12)9-6-8(16)2-4-11(9)17/h2-6H,18H2,1H3. The number of benzene rings is 1. The lowest BCUT2D eigenvalue weighted by atomic mass is 10.1. The van der Waals surface area contributed by atoms with Crippen molar-refractivity contribution in [1.29, 1.82) is 0 Å². The molecule has 0 saturated carbocycles. The maximum Gasteiger partial charge on any atom is 0.139 e. The number of fused-ring (bicyclic) bond motifs is 1. The molecule has 0 saturated heterocycles. The third-order valence-electron chi connectivity index (χ3n) is 3.18. The van der Waals surface area contributed by atoms with E-state index >= 15 is 0 Å². The van der Waals surface area contributed by atoms with E-state index in [0.717, 1.165) is 28.4 Å². The second-order valence-corrected chi connectivity index (χ2v) is 5.28. The van der Waals surface area contributed by atoms with Crippen molar-refractivity contribution in [3.8, 4) is 11.3 Å². The zero-order valence-electron chi connectivity index (χ0n) is 10.5. The van der Waals surface area contributed by atoms with Gasteiger partial charge in [-0.25, -0.2) is 13.8 Å². The molecule has 0 unspecified atom stereocenters. The second-order valence-electron chi connectivity index (χ2n) is 4.43. The fourth-order valence-electron chi connectivity index (χ4n) is 2.17. The molecule has 0 bridgehead atoms. The Balaban J connectivity index is 2.35. The van der Waals surface area contributed by atoms with E-state index in [1.165, 1.54) is 0 Å². The third kappa shape index (κ3) is 1.87. The molecule has 0 amide bonds. The Labute approximate surface area is 122 Å². The first-order chi connectivity index (χ1) is 9.49. The lowest BCUT2D eigenvalue weighted by Crippen LogP contribution is -1.99. The minimum absolute atomic E-state index is 0.0572. The lowest BCUT2D eigenvalue weighted by molar-refractivity contribution is 0.603. The second kappa shape index (κ2) is 4.56. The van der Waals surface area contributed by atoms with Crippen molar-refractivity contribution in [3.63, 3.8) is 0 Å². The Morgan fingerprint density at radius 3 is 2.70 bits per heavy atom. The van der Waals surface area contributed by atoms with Crippen LogP contribution in [0, 0.1) is 18.6 Å². The van der Waals surface area contributed by atoms with Crippen LogP contribution in [0.4, 0.5) is 14.6 Å². The zero-order chi connectivity index (χ0) is 14.4. The molecule has 3 nitrogen and oxygen atoms in total. The minimum atomic E-state index is -0.557. The van der Waals surface area contributed by atoms with Crippen molar-refractivity contribution in [3.05, 3.63) is 52.1 Å². The van der Waals surface area contributed by atoms with E-state index < -0.39 is 11.6 Å². The Morgan fingerprint density at radius 1 is 1.20 bits per heavy atom. The number of halogens is 3. The van der Waals surface area contributed by atoms with Crippen LogP contribution >= 0.6 is 15.9 Å². The van der Waals surface area contributed by atoms with Crippen molar-refractivity contribution >= 4 is 27.4 Å². The molecule has 3 rings (SSSR count). The zero-order valence-corrected chi connectivity index (χ0v) is 12.1. The highest BCUT2D eigenvalue weighted by Crippen LogP contribution is 2.31. The van der Waals surface area contributed by atoms with Crippen LogP contribution in [0.25, 0.3) is 16.9 Å². The topological polar surface area (TPSA) is 43.3 Å². The average molecular weight is 338 g/mol. The van der Waals surface area contributed by atoms with Crippen LogP contribution < -0.4 is 5.73 Å². The van der Waals surface area contributed by atoms with E-state index in [1.54, 1.807) is 10.5 Å². The summed E-state index contributed by atoms with van der Waals surface area (Å²) >= 11 is 3.40. The van der Waals surface area contributed by atoms with Crippen LogP contribution in [-0.4, -0.2) is 9.38 Å². The highest BCUT2D eigenvalue weighted by Gasteiger charge is 2.17. The molecule has 2 heterocycles. The highest BCUT2D eigenvalue weighted by atomic mass is 79.9. The number of aromatic nitrogens is 2. The monoisotopic (exact) mass is 337 g/mol. The normalized spacial score (nSPS) is 11.2. The predicted molar refractivity (Wildman–Crippen MR) is 77.4 cm³/mol. The lowest BCUT2D eigenvalue weighted by Gasteiger charge is -2.05. The minimum Gasteiger partial charge on any atom is -0.383 e. The molecule has 0 radical (unpaired) electrons. The summed E-state index contributed by atoms with van der Waals surface area (Å²) < 4.78 is 29.7. The quantitative estimate of drug-likeness (QED) is 0.731. The molecule has 6 heteroatoms. The summed E-state index contributed by atoms with van der Waals surface area (Å²) in [7, 11) is 0. The van der Waals surface area contributed by atoms with Gasteiger partial charge in [0.1, 0.15) is 28.8 Å². The van der Waals surface area contributed by atoms with Crippen molar-refractivity contribution < 1.29 is 8.78 Å². The average Bonchev–Trinajstić information content (AvgIpc) is 2.75. The summed E-state index contributed by atoms with van der Waals surface area (Å²) in [6.45, 7) is 1.86. The summed E-state index contributed by atoms with van der Waals surface area (Å²) in [5, 5.41) is 0. The van der Waals surface area contributed by atoms with Gasteiger partial charge in [-0.3, -0.25) is 4.40 Å². The Bertz CT molecular complexity index is 827. The molecule has 0 atom stereocenters. The van der Waals surface area contributed by atoms with Crippen molar-refractivity contribution in [1.82, 2.24) is 9.38 Å². The first kappa shape index (κ1) is 13.1. The molecule has 0 aliphatic heterocycles. The number of nitrogen functional groups attached to an aromatic ring is 1. The Hall–Kier alpha value is -1.95. The summed E-state index contributed by atoms with van der Waals surface area (Å²) in [5.41, 5.74) is 7.77. The number of anilines is 1. The molecule has 0 spiro atoms. The van der Waals surface area contributed by atoms with Gasteiger partial charge in [-0.15, -0.1) is 0 Å². The van der Waals surface area contributed by atoms with Gasteiger partial charge in [0.25, 0.3) is 0 Å². The van der Waals surface area contributed by atoms with Gasteiger partial charge in [0.2, 0.25) is 0 Å². The fraction of sp³-hybridized carbons (Fsp3) is 0.0714. The van der Waals surface area contributed by atoms with E-state index in [9.17, 15) is 8.78 Å². The predicted octanol–water partition coefficient (Wildman–Crippen LogP) is 3.93. The van der Waals surface area contributed by atoms with Gasteiger partial charge >= 0.3 is 0 Å². The van der Waals surface area contributed by atoms with E-state index in [0.29, 0.717) is 5.65 Å². The molecule has 3 aromatic rings. The van der Waals surface area contributed by atoms with Crippen LogP contribution in [0.2, 0.25) is 0 Å². The van der Waals surface area contributed by atoms with Crippen LogP contribution in [0.1, 0.15) is 5.69 Å². The largest absolute Gasteiger partial charge is 0.383 e. The number of hydrogen-bond acceptors (Lipinski definition) is 2. The van der Waals surface area contributed by atoms with Crippen LogP contribution in [0.5, 0.6) is 0 Å². The van der Waals surface area contributed by atoms with Gasteiger partial charge in [-0.2, -0.15) is 0 Å². The summed E-state index contributed by atoms with van der Waals surface area (Å²) in [6.07, 6.45) is 0. The van der Waals surface area contributed by atoms with E-state index in [1.807, 2.05) is 13.0 Å². The number of hydrogen-bond donors (Lipinski definition) is 1. The maximum atomic E-state index is 13.9. The number of rotatable bonds is 1. The van der Waals surface area contributed by atoms with E-state index in [4.69, 9.17) is 5.73 Å². The van der Waals surface area contributed by atoms with Gasteiger partial charge in [0, 0.05) is 15.7 Å². The molecule has 0 fully saturated rings. The summed E-state index contributed by atoms with van der Waals surface area (Å²) in [4.78, 5) is 4.30. The first-order valence-corrected chi connectivity index (χ1v) is 6.67.